The molecule has 1 fully saturated rings. The summed E-state index contributed by atoms with van der Waals surface area (Å²) in [5.41, 5.74) is 2.03. The molecular weight excluding hydrogens is 346 g/mol. The van der Waals surface area contributed by atoms with Crippen molar-refractivity contribution in [1.29, 1.82) is 0 Å². The second kappa shape index (κ2) is 7.33. The Labute approximate surface area is 160 Å². The van der Waals surface area contributed by atoms with Crippen molar-refractivity contribution in [3.8, 4) is 0 Å². The molecule has 2 N–H and O–H groups in total. The van der Waals surface area contributed by atoms with Gasteiger partial charge in [-0.15, -0.1) is 0 Å². The number of anilines is 1. The Balaban J connectivity index is 1.52. The van der Waals surface area contributed by atoms with Gasteiger partial charge >= 0.3 is 0 Å². The third kappa shape index (κ3) is 3.46. The van der Waals surface area contributed by atoms with E-state index in [9.17, 15) is 0 Å². The molecule has 3 heterocycles. The number of piperidine rings is 1. The summed E-state index contributed by atoms with van der Waals surface area (Å²) in [6, 6.07) is 13.2. The minimum absolute atomic E-state index is 0.413. The summed E-state index contributed by atoms with van der Waals surface area (Å²) in [6.45, 7) is 5.52. The van der Waals surface area contributed by atoms with Gasteiger partial charge in [0.15, 0.2) is 5.62 Å². The highest BCUT2D eigenvalue weighted by Gasteiger charge is 2.33. The fourth-order valence-corrected chi connectivity index (χ4v) is 4.25. The minimum Gasteiger partial charge on any atom is -0.355 e. The fourth-order valence-electron chi connectivity index (χ4n) is 4.05. The summed E-state index contributed by atoms with van der Waals surface area (Å²) in [5, 5.41) is 3.17. The number of nitrogens with zero attached hydrogens (tertiary/aromatic N) is 3. The van der Waals surface area contributed by atoms with Gasteiger partial charge in [-0.2, -0.15) is 0 Å². The van der Waals surface area contributed by atoms with E-state index in [2.05, 4.69) is 75.5 Å². The first kappa shape index (κ1) is 17.4. The van der Waals surface area contributed by atoms with Crippen LogP contribution in [0.4, 0.5) is 5.82 Å². The van der Waals surface area contributed by atoms with Gasteiger partial charge in [-0.3, -0.25) is 4.90 Å². The first-order valence-electron chi connectivity index (χ1n) is 9.27. The molecule has 2 aliphatic heterocycles. The molecule has 0 radical (unpaired) electrons. The summed E-state index contributed by atoms with van der Waals surface area (Å²) in [6.07, 6.45) is 3.12. The lowest BCUT2D eigenvalue weighted by Gasteiger charge is -2.43. The maximum absolute atomic E-state index is 6.30. The van der Waals surface area contributed by atoms with Crippen molar-refractivity contribution in [3.05, 3.63) is 53.7 Å². The topological polar surface area (TPSA) is 46.7 Å². The van der Waals surface area contributed by atoms with Crippen LogP contribution in [0.3, 0.4) is 0 Å². The lowest BCUT2D eigenvalue weighted by Crippen LogP contribution is -2.53. The Morgan fingerprint density at radius 3 is 2.88 bits per heavy atom. The number of hydrogen-bond donors (Lipinski definition) is 2. The molecule has 1 aromatic heterocycles. The number of halogens is 1. The number of rotatable bonds is 3. The van der Waals surface area contributed by atoms with Gasteiger partial charge in [0.25, 0.3) is 0 Å². The molecule has 0 aliphatic carbocycles. The summed E-state index contributed by atoms with van der Waals surface area (Å²) >= 11 is 6.30. The van der Waals surface area contributed by atoms with E-state index in [1.807, 2.05) is 6.20 Å². The van der Waals surface area contributed by atoms with E-state index in [0.717, 1.165) is 36.9 Å². The van der Waals surface area contributed by atoms with Crippen molar-refractivity contribution in [2.75, 3.05) is 25.5 Å². The molecule has 6 heteroatoms. The summed E-state index contributed by atoms with van der Waals surface area (Å²) in [5.74, 6) is 2.53. The van der Waals surface area contributed by atoms with Crippen LogP contribution in [0.5, 0.6) is 0 Å². The molecule has 4 rings (SSSR count). The molecule has 26 heavy (non-hydrogen) atoms. The largest absolute Gasteiger partial charge is 0.355 e. The van der Waals surface area contributed by atoms with E-state index < -0.39 is 5.62 Å². The highest BCUT2D eigenvalue weighted by Crippen LogP contribution is 2.28. The maximum Gasteiger partial charge on any atom is 0.198 e. The first-order chi connectivity index (χ1) is 12.6. The Morgan fingerprint density at radius 2 is 2.08 bits per heavy atom. The molecule has 1 unspecified atom stereocenters. The molecule has 1 aromatic carbocycles. The lowest BCUT2D eigenvalue weighted by molar-refractivity contribution is 0.105. The highest BCUT2D eigenvalue weighted by molar-refractivity contribution is 6.23. The zero-order valence-electron chi connectivity index (χ0n) is 15.3. The van der Waals surface area contributed by atoms with Crippen LogP contribution in [-0.4, -0.2) is 52.4 Å². The summed E-state index contributed by atoms with van der Waals surface area (Å²) in [4.78, 5) is 12.8. The standard InChI is InChI=1S/C20H26ClN5/c1-14-9-11-26(12-15-6-4-3-5-7-15)13-17(14)25(2)19-16-8-10-22-18(16)23-20(21)24-19/h3-8,10,14,17,20,22-23H,9,11-13H2,1-2H3/t14-,17-,20?/m0/s1. The van der Waals surface area contributed by atoms with Crippen molar-refractivity contribution in [2.24, 2.45) is 10.9 Å². The third-order valence-corrected chi connectivity index (χ3v) is 5.78. The van der Waals surface area contributed by atoms with E-state index in [-0.39, 0.29) is 0 Å². The van der Waals surface area contributed by atoms with Crippen LogP contribution < -0.4 is 5.32 Å². The van der Waals surface area contributed by atoms with Gasteiger partial charge in [0.05, 0.1) is 5.56 Å². The molecule has 0 saturated carbocycles. The smallest absolute Gasteiger partial charge is 0.198 e. The van der Waals surface area contributed by atoms with Gasteiger partial charge in [0.1, 0.15) is 11.7 Å². The minimum atomic E-state index is -0.432. The van der Waals surface area contributed by atoms with E-state index >= 15 is 0 Å². The molecule has 0 spiro atoms. The summed E-state index contributed by atoms with van der Waals surface area (Å²) < 4.78 is 0. The molecule has 0 amide bonds. The molecule has 2 aliphatic rings. The van der Waals surface area contributed by atoms with Crippen LogP contribution in [0, 0.1) is 5.92 Å². The predicted molar refractivity (Wildman–Crippen MR) is 108 cm³/mol. The molecule has 2 aromatic rings. The van der Waals surface area contributed by atoms with Gasteiger partial charge in [-0.1, -0.05) is 48.9 Å². The normalized spacial score (nSPS) is 26.0. The maximum atomic E-state index is 6.30. The number of aromatic nitrogens is 1. The number of alkyl halides is 1. The quantitative estimate of drug-likeness (QED) is 0.640. The van der Waals surface area contributed by atoms with Crippen LogP contribution in [0.15, 0.2) is 47.6 Å². The second-order valence-electron chi connectivity index (χ2n) is 7.36. The number of hydrogen-bond acceptors (Lipinski definition) is 4. The number of fused-ring (bicyclic) bond motifs is 1. The number of aromatic amines is 1. The van der Waals surface area contributed by atoms with Crippen molar-refractivity contribution >= 4 is 23.3 Å². The Hall–Kier alpha value is -1.98. The van der Waals surface area contributed by atoms with Gasteiger partial charge < -0.3 is 15.2 Å². The average Bonchev–Trinajstić information content (AvgIpc) is 3.11. The van der Waals surface area contributed by atoms with Gasteiger partial charge in [0, 0.05) is 32.4 Å². The fraction of sp³-hybridized carbons (Fsp3) is 0.450. The average molecular weight is 372 g/mol. The van der Waals surface area contributed by atoms with Crippen LogP contribution in [0.1, 0.15) is 24.5 Å². The number of likely N-dealkylation sites (N-methyl/N-ethyl adjacent to an activating group) is 1. The lowest BCUT2D eigenvalue weighted by atomic mass is 9.91. The second-order valence-corrected chi connectivity index (χ2v) is 7.78. The van der Waals surface area contributed by atoms with Crippen molar-refractivity contribution in [3.63, 3.8) is 0 Å². The summed E-state index contributed by atoms with van der Waals surface area (Å²) in [7, 11) is 2.15. The molecule has 138 valence electrons. The highest BCUT2D eigenvalue weighted by atomic mass is 35.5. The molecule has 3 atom stereocenters. The zero-order chi connectivity index (χ0) is 18.1. The molecule has 0 bridgehead atoms. The number of likely N-dealkylation sites (tertiary alicyclic amines) is 1. The van der Waals surface area contributed by atoms with Crippen molar-refractivity contribution in [2.45, 2.75) is 31.6 Å². The van der Waals surface area contributed by atoms with Gasteiger partial charge in [-0.25, -0.2) is 4.99 Å². The van der Waals surface area contributed by atoms with Gasteiger partial charge in [0.2, 0.25) is 0 Å². The Kier molecular flexibility index (Phi) is 4.92. The number of nitrogens with one attached hydrogen (secondary N) is 2. The SMILES string of the molecule is C[C@H]1CCN(Cc2ccccc2)C[C@@H]1N(C)C1=NC(Cl)Nc2[nH]ccc21. The first-order valence-corrected chi connectivity index (χ1v) is 9.70. The number of benzene rings is 1. The van der Waals surface area contributed by atoms with Crippen LogP contribution >= 0.6 is 11.6 Å². The van der Waals surface area contributed by atoms with Gasteiger partial charge in [-0.05, 0) is 30.5 Å². The Morgan fingerprint density at radius 1 is 1.27 bits per heavy atom. The van der Waals surface area contributed by atoms with E-state index in [0.29, 0.717) is 12.0 Å². The Bertz CT molecular complexity index is 772. The third-order valence-electron chi connectivity index (χ3n) is 5.57. The van der Waals surface area contributed by atoms with Crippen LogP contribution in [0.2, 0.25) is 0 Å². The van der Waals surface area contributed by atoms with Crippen molar-refractivity contribution < 1.29 is 0 Å². The van der Waals surface area contributed by atoms with E-state index in [1.165, 1.54) is 12.0 Å². The predicted octanol–water partition coefficient (Wildman–Crippen LogP) is 3.55. The molecule has 1 saturated heterocycles. The number of amidine groups is 1. The van der Waals surface area contributed by atoms with Crippen molar-refractivity contribution in [1.82, 2.24) is 14.8 Å². The van der Waals surface area contributed by atoms with Crippen LogP contribution in [0.25, 0.3) is 0 Å². The molecular formula is C20H26ClN5. The number of H-pyrrole nitrogens is 1. The van der Waals surface area contributed by atoms with Crippen LogP contribution in [-0.2, 0) is 6.54 Å². The molecule has 5 nitrogen and oxygen atoms in total. The monoisotopic (exact) mass is 371 g/mol. The zero-order valence-corrected chi connectivity index (χ0v) is 16.1. The van der Waals surface area contributed by atoms with E-state index in [4.69, 9.17) is 11.6 Å². The number of aliphatic imine (C=N–C) groups is 1. The van der Waals surface area contributed by atoms with E-state index in [1.54, 1.807) is 0 Å².